The zero-order chi connectivity index (χ0) is 25.7. The van der Waals surface area contributed by atoms with Crippen molar-refractivity contribution in [1.82, 2.24) is 19.6 Å². The van der Waals surface area contributed by atoms with E-state index in [-0.39, 0.29) is 6.04 Å². The summed E-state index contributed by atoms with van der Waals surface area (Å²) < 4.78 is 38.9. The molecule has 1 saturated heterocycles. The molecule has 0 aliphatic carbocycles. The lowest BCUT2D eigenvalue weighted by Crippen LogP contribution is -2.36. The maximum Gasteiger partial charge on any atom is 0.405 e. The standard InChI is InChI=1S/C25H28F3N7O/c1-34-8-6-20(7-9-34)30-14-19(13-29)17-5-10-35-22(15-31-23(35)12-17)18-3-2-4-21(11-18)33-24(36)32-16-25(26,27)28/h2-5,10-15,20H,6-9,16,29H2,1H3,(H2,32,33,36). The summed E-state index contributed by atoms with van der Waals surface area (Å²) in [7, 11) is 2.11. The number of carbonyl (C=O) groups is 1. The number of nitrogens with two attached hydrogens (primary N) is 1. The predicted molar refractivity (Wildman–Crippen MR) is 135 cm³/mol. The van der Waals surface area contributed by atoms with Gasteiger partial charge in [-0.1, -0.05) is 12.1 Å². The van der Waals surface area contributed by atoms with E-state index in [1.54, 1.807) is 29.7 Å². The summed E-state index contributed by atoms with van der Waals surface area (Å²) in [6, 6.07) is 9.99. The van der Waals surface area contributed by atoms with Gasteiger partial charge in [-0.25, -0.2) is 9.78 Å². The van der Waals surface area contributed by atoms with Gasteiger partial charge >= 0.3 is 12.2 Å². The second-order valence-electron chi connectivity index (χ2n) is 8.73. The van der Waals surface area contributed by atoms with Crippen molar-refractivity contribution in [3.8, 4) is 11.3 Å². The molecule has 0 bridgehead atoms. The number of carbonyl (C=O) groups excluding carboxylic acids is 1. The molecule has 4 N–H and O–H groups in total. The average molecular weight is 500 g/mol. The van der Waals surface area contributed by atoms with Gasteiger partial charge in [-0.2, -0.15) is 13.2 Å². The van der Waals surface area contributed by atoms with Gasteiger partial charge in [0.1, 0.15) is 12.2 Å². The maximum absolute atomic E-state index is 12.3. The molecule has 3 heterocycles. The van der Waals surface area contributed by atoms with Crippen LogP contribution < -0.4 is 16.4 Å². The van der Waals surface area contributed by atoms with Crippen LogP contribution in [-0.2, 0) is 0 Å². The van der Waals surface area contributed by atoms with E-state index in [1.807, 2.05) is 35.0 Å². The fourth-order valence-electron chi connectivity index (χ4n) is 4.03. The third kappa shape index (κ3) is 6.42. The Morgan fingerprint density at radius 1 is 1.25 bits per heavy atom. The van der Waals surface area contributed by atoms with Gasteiger partial charge in [-0.05, 0) is 62.8 Å². The molecule has 1 fully saturated rings. The molecule has 2 aromatic heterocycles. The molecular weight excluding hydrogens is 471 g/mol. The number of amides is 2. The lowest BCUT2D eigenvalue weighted by Gasteiger charge is -2.26. The topological polar surface area (TPSA) is 100 Å². The number of urea groups is 1. The molecule has 0 atom stereocenters. The minimum absolute atomic E-state index is 0.286. The van der Waals surface area contributed by atoms with Gasteiger partial charge in [0.25, 0.3) is 0 Å². The van der Waals surface area contributed by atoms with Crippen molar-refractivity contribution in [3.05, 3.63) is 60.6 Å². The summed E-state index contributed by atoms with van der Waals surface area (Å²) in [5.74, 6) is 0. The van der Waals surface area contributed by atoms with Crippen molar-refractivity contribution in [1.29, 1.82) is 0 Å². The van der Waals surface area contributed by atoms with Gasteiger partial charge in [0.05, 0.1) is 17.9 Å². The first-order valence-corrected chi connectivity index (χ1v) is 11.5. The summed E-state index contributed by atoms with van der Waals surface area (Å²) in [6.45, 7) is 0.652. The Morgan fingerprint density at radius 2 is 2.03 bits per heavy atom. The summed E-state index contributed by atoms with van der Waals surface area (Å²) in [6.07, 6.45) is 4.48. The first-order chi connectivity index (χ1) is 17.2. The number of rotatable bonds is 6. The number of piperidine rings is 1. The monoisotopic (exact) mass is 499 g/mol. The Labute approximate surface area is 206 Å². The van der Waals surface area contributed by atoms with E-state index in [4.69, 9.17) is 10.7 Å². The highest BCUT2D eigenvalue weighted by Gasteiger charge is 2.27. The van der Waals surface area contributed by atoms with E-state index in [0.29, 0.717) is 11.3 Å². The van der Waals surface area contributed by atoms with Crippen LogP contribution in [0.4, 0.5) is 23.7 Å². The molecule has 190 valence electrons. The molecule has 1 aromatic carbocycles. The number of halogens is 3. The fraction of sp³-hybridized carbons (Fsp3) is 0.320. The molecule has 0 unspecified atom stereocenters. The summed E-state index contributed by atoms with van der Waals surface area (Å²) in [5, 5.41) is 4.21. The quantitative estimate of drug-likeness (QED) is 0.444. The summed E-state index contributed by atoms with van der Waals surface area (Å²) in [4.78, 5) is 23.3. The normalized spacial score (nSPS) is 16.1. The number of fused-ring (bicyclic) bond motifs is 1. The number of alkyl halides is 3. The zero-order valence-corrected chi connectivity index (χ0v) is 19.8. The third-order valence-electron chi connectivity index (χ3n) is 6.00. The molecule has 0 radical (unpaired) electrons. The van der Waals surface area contributed by atoms with Crippen LogP contribution in [-0.4, -0.2) is 65.4 Å². The van der Waals surface area contributed by atoms with Gasteiger partial charge in [0.15, 0.2) is 0 Å². The minimum atomic E-state index is -4.48. The summed E-state index contributed by atoms with van der Waals surface area (Å²) in [5.41, 5.74) is 10.1. The number of benzene rings is 1. The van der Waals surface area contributed by atoms with Crippen LogP contribution >= 0.6 is 0 Å². The van der Waals surface area contributed by atoms with Crippen molar-refractivity contribution in [2.45, 2.75) is 25.1 Å². The third-order valence-corrected chi connectivity index (χ3v) is 6.00. The van der Waals surface area contributed by atoms with E-state index in [1.165, 1.54) is 6.20 Å². The Balaban J connectivity index is 1.49. The molecule has 1 aliphatic rings. The van der Waals surface area contributed by atoms with Crippen LogP contribution in [0.2, 0.25) is 0 Å². The number of likely N-dealkylation sites (tertiary alicyclic amines) is 1. The Kier molecular flexibility index (Phi) is 7.58. The lowest BCUT2D eigenvalue weighted by atomic mass is 10.1. The number of anilines is 1. The van der Waals surface area contributed by atoms with Crippen molar-refractivity contribution in [2.75, 3.05) is 32.0 Å². The van der Waals surface area contributed by atoms with E-state index in [0.717, 1.165) is 48.3 Å². The highest BCUT2D eigenvalue weighted by molar-refractivity contribution is 6.10. The van der Waals surface area contributed by atoms with Crippen LogP contribution in [0.5, 0.6) is 0 Å². The number of pyridine rings is 1. The van der Waals surface area contributed by atoms with E-state index in [9.17, 15) is 18.0 Å². The maximum atomic E-state index is 12.3. The van der Waals surface area contributed by atoms with E-state index < -0.39 is 18.8 Å². The second kappa shape index (κ2) is 10.8. The molecule has 0 saturated carbocycles. The van der Waals surface area contributed by atoms with E-state index >= 15 is 0 Å². The number of imidazole rings is 1. The molecule has 4 rings (SSSR count). The van der Waals surface area contributed by atoms with E-state index in [2.05, 4.69) is 22.2 Å². The number of hydrogen-bond donors (Lipinski definition) is 3. The molecule has 8 nitrogen and oxygen atoms in total. The van der Waals surface area contributed by atoms with Crippen LogP contribution in [0.15, 0.2) is 60.0 Å². The van der Waals surface area contributed by atoms with Crippen molar-refractivity contribution in [3.63, 3.8) is 0 Å². The predicted octanol–water partition coefficient (Wildman–Crippen LogP) is 4.15. The molecule has 2 amide bonds. The van der Waals surface area contributed by atoms with Gasteiger partial charge in [-0.3, -0.25) is 9.39 Å². The zero-order valence-electron chi connectivity index (χ0n) is 19.8. The van der Waals surface area contributed by atoms with Crippen molar-refractivity contribution in [2.24, 2.45) is 10.7 Å². The second-order valence-corrected chi connectivity index (χ2v) is 8.73. The first kappa shape index (κ1) is 25.2. The molecule has 11 heteroatoms. The molecule has 1 aliphatic heterocycles. The first-order valence-electron chi connectivity index (χ1n) is 11.5. The number of allylic oxidation sites excluding steroid dienone is 1. The number of aromatic nitrogens is 2. The van der Waals surface area contributed by atoms with Gasteiger partial charge in [0, 0.05) is 35.4 Å². The SMILES string of the molecule is CN1CCC(N=CC(=CN)c2ccn3c(-c4cccc(NC(=O)NCC(F)(F)F)c4)cnc3c2)CC1. The van der Waals surface area contributed by atoms with Crippen molar-refractivity contribution >= 4 is 29.2 Å². The van der Waals surface area contributed by atoms with Gasteiger partial charge in [-0.15, -0.1) is 0 Å². The summed E-state index contributed by atoms with van der Waals surface area (Å²) >= 11 is 0. The Hall–Kier alpha value is -3.86. The van der Waals surface area contributed by atoms with Gasteiger partial charge < -0.3 is 21.3 Å². The molecule has 0 spiro atoms. The molecule has 3 aromatic rings. The highest BCUT2D eigenvalue weighted by atomic mass is 19.4. The lowest BCUT2D eigenvalue weighted by molar-refractivity contribution is -0.122. The number of nitrogens with zero attached hydrogens (tertiary/aromatic N) is 4. The molecular formula is C25H28F3N7O. The van der Waals surface area contributed by atoms with Crippen LogP contribution in [0, 0.1) is 0 Å². The number of aliphatic imine (C=N–C) groups is 1. The molecule has 36 heavy (non-hydrogen) atoms. The largest absolute Gasteiger partial charge is 0.405 e. The Morgan fingerprint density at radius 3 is 2.75 bits per heavy atom. The number of nitrogens with one attached hydrogen (secondary N) is 2. The van der Waals surface area contributed by atoms with Crippen LogP contribution in [0.25, 0.3) is 22.5 Å². The van der Waals surface area contributed by atoms with Crippen LogP contribution in [0.1, 0.15) is 18.4 Å². The minimum Gasteiger partial charge on any atom is -0.404 e. The average Bonchev–Trinajstić information content (AvgIpc) is 3.27. The highest BCUT2D eigenvalue weighted by Crippen LogP contribution is 2.25. The van der Waals surface area contributed by atoms with Gasteiger partial charge in [0.2, 0.25) is 0 Å². The van der Waals surface area contributed by atoms with Crippen molar-refractivity contribution < 1.29 is 18.0 Å². The number of hydrogen-bond acceptors (Lipinski definition) is 5. The van der Waals surface area contributed by atoms with Crippen LogP contribution in [0.3, 0.4) is 0 Å². The smallest absolute Gasteiger partial charge is 0.404 e. The Bertz CT molecular complexity index is 1270. The fourth-order valence-corrected chi connectivity index (χ4v) is 4.03.